The maximum absolute atomic E-state index is 12.3. The number of hydrogen-bond acceptors (Lipinski definition) is 5. The first-order chi connectivity index (χ1) is 15.5. The van der Waals surface area contributed by atoms with Crippen molar-refractivity contribution >= 4 is 34.0 Å². The fraction of sp³-hybridized carbons (Fsp3) is 0.400. The first-order valence-corrected chi connectivity index (χ1v) is 12.1. The molecular formula is C25H29N3O3S. The lowest BCUT2D eigenvalue weighted by Gasteiger charge is -2.40. The molecule has 2 aromatic carbocycles. The standard InChI is InChI=1S/C25H29N3O3S/c1-2-13-28(17-8-10-20-22(14-17)32-15-27-20)21(11-12-23(26)29)24-18-6-4-3-5-16(18)7-9-19(24)25(30)31/h3-7,9,15,17,21H,2,8,10-14H2,1H3,(H2,26,29)(H,30,31). The number of hydrogen-bond donors (Lipinski definition) is 2. The Labute approximate surface area is 192 Å². The van der Waals surface area contributed by atoms with Crippen LogP contribution in [0.25, 0.3) is 10.8 Å². The van der Waals surface area contributed by atoms with Gasteiger partial charge in [-0.1, -0.05) is 37.3 Å². The highest BCUT2D eigenvalue weighted by molar-refractivity contribution is 7.09. The van der Waals surface area contributed by atoms with Gasteiger partial charge in [0.2, 0.25) is 5.91 Å². The molecule has 7 heteroatoms. The summed E-state index contributed by atoms with van der Waals surface area (Å²) in [6, 6.07) is 11.5. The minimum absolute atomic E-state index is 0.209. The molecule has 6 nitrogen and oxygen atoms in total. The summed E-state index contributed by atoms with van der Waals surface area (Å²) >= 11 is 1.69. The van der Waals surface area contributed by atoms with E-state index in [1.807, 2.05) is 35.8 Å². The van der Waals surface area contributed by atoms with Crippen molar-refractivity contribution in [3.63, 3.8) is 0 Å². The van der Waals surface area contributed by atoms with E-state index in [-0.39, 0.29) is 24.4 Å². The smallest absolute Gasteiger partial charge is 0.336 e. The Morgan fingerprint density at radius 1 is 1.28 bits per heavy atom. The molecule has 3 aromatic rings. The molecule has 0 radical (unpaired) electrons. The molecule has 32 heavy (non-hydrogen) atoms. The Balaban J connectivity index is 1.84. The molecular weight excluding hydrogens is 422 g/mol. The third-order valence-electron chi connectivity index (χ3n) is 6.41. The Kier molecular flexibility index (Phi) is 6.86. The van der Waals surface area contributed by atoms with Crippen LogP contribution in [0.4, 0.5) is 0 Å². The van der Waals surface area contributed by atoms with E-state index in [9.17, 15) is 14.7 Å². The lowest BCUT2D eigenvalue weighted by Crippen LogP contribution is -2.43. The van der Waals surface area contributed by atoms with Crippen LogP contribution in [0.5, 0.6) is 0 Å². The number of fused-ring (bicyclic) bond motifs is 2. The van der Waals surface area contributed by atoms with E-state index in [1.54, 1.807) is 17.4 Å². The van der Waals surface area contributed by atoms with Crippen molar-refractivity contribution in [3.05, 3.63) is 63.6 Å². The zero-order valence-corrected chi connectivity index (χ0v) is 19.1. The number of rotatable bonds is 9. The highest BCUT2D eigenvalue weighted by atomic mass is 32.1. The number of benzene rings is 2. The predicted octanol–water partition coefficient (Wildman–Crippen LogP) is 4.57. The molecule has 0 spiro atoms. The van der Waals surface area contributed by atoms with Crippen molar-refractivity contribution in [3.8, 4) is 0 Å². The van der Waals surface area contributed by atoms with Crippen LogP contribution >= 0.6 is 11.3 Å². The van der Waals surface area contributed by atoms with E-state index in [0.717, 1.165) is 48.6 Å². The summed E-state index contributed by atoms with van der Waals surface area (Å²) < 4.78 is 0. The first kappa shape index (κ1) is 22.4. The van der Waals surface area contributed by atoms with E-state index in [2.05, 4.69) is 16.8 Å². The number of carboxylic acid groups (broad SMARTS) is 1. The summed E-state index contributed by atoms with van der Waals surface area (Å²) in [6.07, 6.45) is 4.44. The van der Waals surface area contributed by atoms with Crippen molar-refractivity contribution in [1.29, 1.82) is 0 Å². The molecule has 3 N–H and O–H groups in total. The number of nitrogens with two attached hydrogens (primary N) is 1. The molecule has 4 rings (SSSR count). The van der Waals surface area contributed by atoms with E-state index in [0.29, 0.717) is 12.0 Å². The number of carbonyl (C=O) groups excluding carboxylic acids is 1. The number of thiazole rings is 1. The van der Waals surface area contributed by atoms with Gasteiger partial charge in [0.25, 0.3) is 0 Å². The second-order valence-electron chi connectivity index (χ2n) is 8.43. The lowest BCUT2D eigenvalue weighted by atomic mass is 9.87. The SMILES string of the molecule is CCCN(C1CCc2ncsc2C1)C(CCC(N)=O)c1c(C(=O)O)ccc2ccccc12. The zero-order chi connectivity index (χ0) is 22.7. The maximum Gasteiger partial charge on any atom is 0.336 e. The summed E-state index contributed by atoms with van der Waals surface area (Å²) in [7, 11) is 0. The first-order valence-electron chi connectivity index (χ1n) is 11.2. The molecule has 0 saturated carbocycles. The monoisotopic (exact) mass is 451 g/mol. The molecule has 0 saturated heterocycles. The van der Waals surface area contributed by atoms with E-state index >= 15 is 0 Å². The van der Waals surface area contributed by atoms with Crippen molar-refractivity contribution in [2.45, 2.75) is 57.5 Å². The molecule has 0 aliphatic heterocycles. The van der Waals surface area contributed by atoms with Crippen molar-refractivity contribution < 1.29 is 14.7 Å². The summed E-state index contributed by atoms with van der Waals surface area (Å²) in [4.78, 5) is 32.3. The Hall–Kier alpha value is -2.77. The number of carboxylic acids is 1. The molecule has 1 aromatic heterocycles. The number of nitrogens with zero attached hydrogens (tertiary/aromatic N) is 2. The molecule has 168 valence electrons. The number of primary amides is 1. The molecule has 0 bridgehead atoms. The molecule has 0 fully saturated rings. The van der Waals surface area contributed by atoms with Gasteiger partial charge >= 0.3 is 5.97 Å². The second-order valence-corrected chi connectivity index (χ2v) is 9.37. The van der Waals surface area contributed by atoms with Gasteiger partial charge in [0.1, 0.15) is 0 Å². The van der Waals surface area contributed by atoms with E-state index in [1.165, 1.54) is 10.6 Å². The van der Waals surface area contributed by atoms with Crippen molar-refractivity contribution in [2.24, 2.45) is 5.73 Å². The second kappa shape index (κ2) is 9.79. The molecule has 2 unspecified atom stereocenters. The summed E-state index contributed by atoms with van der Waals surface area (Å²) in [5.41, 5.74) is 9.74. The average Bonchev–Trinajstić information content (AvgIpc) is 3.26. The van der Waals surface area contributed by atoms with Crippen LogP contribution in [0.1, 0.15) is 65.1 Å². The van der Waals surface area contributed by atoms with Gasteiger partial charge in [0, 0.05) is 23.4 Å². The number of carbonyl (C=O) groups is 2. The summed E-state index contributed by atoms with van der Waals surface area (Å²) in [6.45, 7) is 2.96. The molecule has 2 atom stereocenters. The molecule has 1 aliphatic rings. The van der Waals surface area contributed by atoms with Crippen LogP contribution < -0.4 is 5.73 Å². The fourth-order valence-electron chi connectivity index (χ4n) is 5.01. The fourth-order valence-corrected chi connectivity index (χ4v) is 5.90. The minimum atomic E-state index is -0.945. The maximum atomic E-state index is 12.3. The van der Waals surface area contributed by atoms with Crippen LogP contribution in [0.2, 0.25) is 0 Å². The van der Waals surface area contributed by atoms with Gasteiger partial charge in [-0.3, -0.25) is 9.69 Å². The molecule has 1 amide bonds. The number of aryl methyl sites for hydroxylation is 1. The lowest BCUT2D eigenvalue weighted by molar-refractivity contribution is -0.118. The van der Waals surface area contributed by atoms with Gasteiger partial charge in [0.15, 0.2) is 0 Å². The zero-order valence-electron chi connectivity index (χ0n) is 18.3. The number of amides is 1. The quantitative estimate of drug-likeness (QED) is 0.497. The highest BCUT2D eigenvalue weighted by Crippen LogP contribution is 2.38. The third-order valence-corrected chi connectivity index (χ3v) is 7.31. The Bertz CT molecular complexity index is 1130. The van der Waals surface area contributed by atoms with E-state index < -0.39 is 5.97 Å². The third kappa shape index (κ3) is 4.54. The number of aromatic carboxylic acids is 1. The Morgan fingerprint density at radius 3 is 2.84 bits per heavy atom. The predicted molar refractivity (Wildman–Crippen MR) is 127 cm³/mol. The van der Waals surface area contributed by atoms with Gasteiger partial charge in [-0.2, -0.15) is 0 Å². The number of aromatic nitrogens is 1. The van der Waals surface area contributed by atoms with Gasteiger partial charge in [-0.05, 0) is 61.1 Å². The Morgan fingerprint density at radius 2 is 2.09 bits per heavy atom. The summed E-state index contributed by atoms with van der Waals surface area (Å²) in [5.74, 6) is -1.31. The average molecular weight is 452 g/mol. The van der Waals surface area contributed by atoms with Gasteiger partial charge in [-0.25, -0.2) is 9.78 Å². The van der Waals surface area contributed by atoms with Crippen molar-refractivity contribution in [2.75, 3.05) is 6.54 Å². The molecule has 1 aliphatic carbocycles. The van der Waals surface area contributed by atoms with Crippen LogP contribution in [0, 0.1) is 0 Å². The van der Waals surface area contributed by atoms with Crippen LogP contribution in [-0.2, 0) is 17.6 Å². The largest absolute Gasteiger partial charge is 0.478 e. The van der Waals surface area contributed by atoms with Crippen LogP contribution in [0.3, 0.4) is 0 Å². The van der Waals surface area contributed by atoms with Gasteiger partial charge < -0.3 is 10.8 Å². The normalized spacial score (nSPS) is 16.8. The molecule has 1 heterocycles. The van der Waals surface area contributed by atoms with Crippen LogP contribution in [0.15, 0.2) is 41.9 Å². The van der Waals surface area contributed by atoms with E-state index in [4.69, 9.17) is 5.73 Å². The van der Waals surface area contributed by atoms with Gasteiger partial charge in [-0.15, -0.1) is 11.3 Å². The topological polar surface area (TPSA) is 96.5 Å². The van der Waals surface area contributed by atoms with Crippen molar-refractivity contribution in [1.82, 2.24) is 9.88 Å². The summed E-state index contributed by atoms with van der Waals surface area (Å²) in [5, 5.41) is 12.0. The van der Waals surface area contributed by atoms with Gasteiger partial charge in [0.05, 0.1) is 16.8 Å². The van der Waals surface area contributed by atoms with Crippen LogP contribution in [-0.4, -0.2) is 39.5 Å². The highest BCUT2D eigenvalue weighted by Gasteiger charge is 2.33. The minimum Gasteiger partial charge on any atom is -0.478 e.